The first-order valence-electron chi connectivity index (χ1n) is 3.30. The van der Waals surface area contributed by atoms with Crippen LogP contribution >= 0.6 is 0 Å². The van der Waals surface area contributed by atoms with Gasteiger partial charge >= 0.3 is 14.7 Å². The van der Waals surface area contributed by atoms with E-state index in [1.807, 2.05) is 0 Å². The molecule has 76 valence electrons. The van der Waals surface area contributed by atoms with Crippen LogP contribution in [0.25, 0.3) is 0 Å². The number of para-hydroxylation sites is 2. The van der Waals surface area contributed by atoms with Gasteiger partial charge in [-0.05, 0) is 6.07 Å². The van der Waals surface area contributed by atoms with Gasteiger partial charge in [-0.3, -0.25) is 14.7 Å². The van der Waals surface area contributed by atoms with Crippen LogP contribution in [-0.2, 0) is 20.2 Å². The summed E-state index contributed by atoms with van der Waals surface area (Å²) in [7, 11) is -3.90. The van der Waals surface area contributed by atoms with Crippen LogP contribution in [0, 0.1) is 10.1 Å². The van der Waals surface area contributed by atoms with E-state index in [0.717, 1.165) is 6.07 Å². The van der Waals surface area contributed by atoms with E-state index >= 15 is 0 Å². The minimum Gasteiger partial charge on any atom is -0.374 e. The summed E-state index contributed by atoms with van der Waals surface area (Å²) in [5.41, 5.74) is -0.404. The molecule has 8 heteroatoms. The second-order valence-corrected chi connectivity index (χ2v) is 4.52. The lowest BCUT2D eigenvalue weighted by Crippen LogP contribution is -2.06. The van der Waals surface area contributed by atoms with E-state index < -0.39 is 19.7 Å². The molecule has 14 heavy (non-hydrogen) atoms. The Labute approximate surface area is 84.4 Å². The summed E-state index contributed by atoms with van der Waals surface area (Å²) < 4.78 is 23.7. The van der Waals surface area contributed by atoms with Crippen molar-refractivity contribution in [2.75, 3.05) is 0 Å². The van der Waals surface area contributed by atoms with Gasteiger partial charge in [0, 0.05) is 6.07 Å². The molecule has 0 heterocycles. The van der Waals surface area contributed by atoms with Crippen molar-refractivity contribution in [2.24, 2.45) is 0 Å². The zero-order chi connectivity index (χ0) is 10.8. The van der Waals surface area contributed by atoms with Crippen LogP contribution in [0.2, 0.25) is 0 Å². The van der Waals surface area contributed by atoms with E-state index in [1.54, 1.807) is 0 Å². The van der Waals surface area contributed by atoms with Crippen LogP contribution in [0.1, 0.15) is 0 Å². The van der Waals surface area contributed by atoms with Crippen molar-refractivity contribution in [2.45, 2.75) is 0 Å². The van der Waals surface area contributed by atoms with E-state index in [-0.39, 0.29) is 5.75 Å². The van der Waals surface area contributed by atoms with E-state index in [0.29, 0.717) is 0 Å². The van der Waals surface area contributed by atoms with Crippen molar-refractivity contribution in [3.8, 4) is 5.75 Å². The van der Waals surface area contributed by atoms with Gasteiger partial charge in [-0.2, -0.15) is 4.21 Å². The quantitative estimate of drug-likeness (QED) is 0.623. The van der Waals surface area contributed by atoms with Crippen molar-refractivity contribution in [3.05, 3.63) is 34.4 Å². The summed E-state index contributed by atoms with van der Waals surface area (Å²) in [4.78, 5) is 9.70. The first-order valence-corrected chi connectivity index (χ1v) is 5.67. The van der Waals surface area contributed by atoms with Crippen LogP contribution in [0.15, 0.2) is 24.3 Å². The SMILES string of the molecule is O=[N+]([O-])c1ccccc1OS(=O)(O)=S. The monoisotopic (exact) mass is 235 g/mol. The third-order valence-corrected chi connectivity index (χ3v) is 1.85. The molecule has 1 N–H and O–H groups in total. The van der Waals surface area contributed by atoms with Crippen molar-refractivity contribution < 1.29 is 17.9 Å². The molecule has 0 radical (unpaired) electrons. The Bertz CT molecular complexity index is 455. The van der Waals surface area contributed by atoms with Gasteiger partial charge in [-0.15, -0.1) is 0 Å². The molecule has 0 aliphatic rings. The smallest absolute Gasteiger partial charge is 0.312 e. The third kappa shape index (κ3) is 2.91. The van der Waals surface area contributed by atoms with Gasteiger partial charge in [-0.25, -0.2) is 0 Å². The number of benzene rings is 1. The molecule has 0 amide bonds. The molecule has 0 bridgehead atoms. The molecule has 0 aromatic heterocycles. The maximum Gasteiger partial charge on any atom is 0.312 e. The first kappa shape index (κ1) is 10.8. The van der Waals surface area contributed by atoms with Gasteiger partial charge < -0.3 is 4.18 Å². The third-order valence-electron chi connectivity index (χ3n) is 1.26. The molecule has 0 aliphatic carbocycles. The van der Waals surface area contributed by atoms with Crippen LogP contribution in [0.4, 0.5) is 5.69 Å². The minimum absolute atomic E-state index is 0.319. The highest BCUT2D eigenvalue weighted by molar-refractivity contribution is 8.27. The number of hydrogen-bond acceptors (Lipinski definition) is 5. The lowest BCUT2D eigenvalue weighted by molar-refractivity contribution is -0.385. The topological polar surface area (TPSA) is 89.7 Å². The molecule has 0 saturated heterocycles. The molecule has 1 aromatic carbocycles. The minimum atomic E-state index is -3.90. The summed E-state index contributed by atoms with van der Waals surface area (Å²) in [5.74, 6) is -0.319. The van der Waals surface area contributed by atoms with Gasteiger partial charge in [0.2, 0.25) is 5.75 Å². The highest BCUT2D eigenvalue weighted by Gasteiger charge is 2.16. The van der Waals surface area contributed by atoms with E-state index in [4.69, 9.17) is 4.55 Å². The number of nitro benzene ring substituents is 1. The molecule has 1 rings (SSSR count). The number of nitro groups is 1. The summed E-state index contributed by atoms with van der Waals surface area (Å²) in [5, 5.41) is 10.4. The molecule has 0 aliphatic heterocycles. The molecular formula is C6H5NO5S2. The van der Waals surface area contributed by atoms with E-state index in [2.05, 4.69) is 15.4 Å². The molecule has 0 fully saturated rings. The highest BCUT2D eigenvalue weighted by atomic mass is 32.9. The zero-order valence-electron chi connectivity index (χ0n) is 6.65. The zero-order valence-corrected chi connectivity index (χ0v) is 8.29. The fourth-order valence-corrected chi connectivity index (χ4v) is 1.38. The summed E-state index contributed by atoms with van der Waals surface area (Å²) >= 11 is 4.05. The van der Waals surface area contributed by atoms with Gasteiger partial charge in [0.25, 0.3) is 0 Å². The van der Waals surface area contributed by atoms with Gasteiger partial charge in [0.05, 0.1) is 16.1 Å². The molecular weight excluding hydrogens is 230 g/mol. The first-order chi connectivity index (χ1) is 6.40. The van der Waals surface area contributed by atoms with Crippen molar-refractivity contribution in [1.82, 2.24) is 0 Å². The Morgan fingerprint density at radius 3 is 2.57 bits per heavy atom. The fraction of sp³-hybridized carbons (Fsp3) is 0. The Balaban J connectivity index is 3.15. The summed E-state index contributed by atoms with van der Waals surface area (Å²) in [6.45, 7) is 0. The number of rotatable bonds is 3. The lowest BCUT2D eigenvalue weighted by atomic mass is 10.3. The molecule has 1 atom stereocenters. The van der Waals surface area contributed by atoms with Crippen molar-refractivity contribution in [3.63, 3.8) is 0 Å². The Morgan fingerprint density at radius 2 is 2.07 bits per heavy atom. The van der Waals surface area contributed by atoms with Crippen LogP contribution < -0.4 is 4.18 Å². The second kappa shape index (κ2) is 3.86. The average molecular weight is 235 g/mol. The molecule has 1 aromatic rings. The van der Waals surface area contributed by atoms with Gasteiger partial charge in [0.1, 0.15) is 0 Å². The van der Waals surface area contributed by atoms with Crippen LogP contribution in [0.5, 0.6) is 5.75 Å². The van der Waals surface area contributed by atoms with Crippen LogP contribution in [-0.4, -0.2) is 13.7 Å². The Hall–Kier alpha value is -1.25. The summed E-state index contributed by atoms with van der Waals surface area (Å²) in [6, 6.07) is 5.19. The van der Waals surface area contributed by atoms with Crippen molar-refractivity contribution >= 4 is 25.9 Å². The predicted octanol–water partition coefficient (Wildman–Crippen LogP) is 1.11. The van der Waals surface area contributed by atoms with Gasteiger partial charge in [-0.1, -0.05) is 12.1 Å². The van der Waals surface area contributed by atoms with E-state index in [1.165, 1.54) is 18.2 Å². The molecule has 6 nitrogen and oxygen atoms in total. The average Bonchev–Trinajstić information content (AvgIpc) is 2.01. The van der Waals surface area contributed by atoms with Crippen LogP contribution in [0.3, 0.4) is 0 Å². The Morgan fingerprint density at radius 1 is 1.50 bits per heavy atom. The maximum atomic E-state index is 10.7. The second-order valence-electron chi connectivity index (χ2n) is 2.24. The Kier molecular flexibility index (Phi) is 2.99. The fourth-order valence-electron chi connectivity index (χ4n) is 0.792. The standard InChI is InChI=1S/C6H5NO5S2/c8-7(9)5-3-1-2-4-6(5)12-14(10,11)13/h1-4H,(H,10,11,13). The largest absolute Gasteiger partial charge is 0.374 e. The highest BCUT2D eigenvalue weighted by Crippen LogP contribution is 2.26. The lowest BCUT2D eigenvalue weighted by Gasteiger charge is -2.03. The summed E-state index contributed by atoms with van der Waals surface area (Å²) in [6.07, 6.45) is 0. The number of hydrogen-bond donors (Lipinski definition) is 1. The molecule has 1 unspecified atom stereocenters. The maximum absolute atomic E-state index is 10.7. The number of nitrogens with zero attached hydrogens (tertiary/aromatic N) is 1. The van der Waals surface area contributed by atoms with Gasteiger partial charge in [0.15, 0.2) is 0 Å². The van der Waals surface area contributed by atoms with Crippen molar-refractivity contribution in [1.29, 1.82) is 0 Å². The predicted molar refractivity (Wildman–Crippen MR) is 51.9 cm³/mol. The molecule has 0 saturated carbocycles. The molecule has 0 spiro atoms. The normalized spacial score (nSPS) is 14.4. The van der Waals surface area contributed by atoms with E-state index in [9.17, 15) is 14.3 Å².